The zero-order valence-electron chi connectivity index (χ0n) is 14.3. The molecule has 1 saturated heterocycles. The summed E-state index contributed by atoms with van der Waals surface area (Å²) < 4.78 is 52.5. The first kappa shape index (κ1) is 18.4. The van der Waals surface area contributed by atoms with Crippen LogP contribution in [0, 0.1) is 0 Å². The molecular formula is C18H15F3N2O5. The first-order chi connectivity index (χ1) is 13.2. The molecule has 0 unspecified atom stereocenters. The van der Waals surface area contributed by atoms with E-state index in [0.29, 0.717) is 22.5 Å². The number of halogens is 3. The van der Waals surface area contributed by atoms with Crippen LogP contribution in [0.2, 0.25) is 0 Å². The minimum absolute atomic E-state index is 0.0682. The van der Waals surface area contributed by atoms with Crippen molar-refractivity contribution < 1.29 is 32.5 Å². The largest absolute Gasteiger partial charge is 0.573 e. The average molecular weight is 396 g/mol. The van der Waals surface area contributed by atoms with Gasteiger partial charge < -0.3 is 24.3 Å². The molecule has 0 atom stereocenters. The Kier molecular flexibility index (Phi) is 4.31. The maximum Gasteiger partial charge on any atom is 0.573 e. The van der Waals surface area contributed by atoms with Gasteiger partial charge in [-0.1, -0.05) is 0 Å². The number of alkyl halides is 3. The van der Waals surface area contributed by atoms with Gasteiger partial charge in [0.1, 0.15) is 22.8 Å². The lowest BCUT2D eigenvalue weighted by Crippen LogP contribution is -2.53. The topological polar surface area (TPSA) is 85.7 Å². The number of H-pyrrole nitrogens is 1. The highest BCUT2D eigenvalue weighted by molar-refractivity contribution is 5.77. The van der Waals surface area contributed by atoms with Gasteiger partial charge in [-0.15, -0.1) is 13.2 Å². The van der Waals surface area contributed by atoms with Crippen LogP contribution in [0.1, 0.15) is 0 Å². The van der Waals surface area contributed by atoms with Gasteiger partial charge in [0.25, 0.3) is 0 Å². The van der Waals surface area contributed by atoms with Crippen LogP contribution in [0.3, 0.4) is 0 Å². The fourth-order valence-electron chi connectivity index (χ4n) is 2.92. The van der Waals surface area contributed by atoms with Crippen molar-refractivity contribution in [3.05, 3.63) is 52.9 Å². The van der Waals surface area contributed by atoms with E-state index in [0.717, 1.165) is 12.1 Å². The van der Waals surface area contributed by atoms with Crippen LogP contribution in [-0.4, -0.2) is 39.8 Å². The van der Waals surface area contributed by atoms with Gasteiger partial charge in [0.2, 0.25) is 0 Å². The van der Waals surface area contributed by atoms with Crippen molar-refractivity contribution in [3.63, 3.8) is 0 Å². The highest BCUT2D eigenvalue weighted by Gasteiger charge is 2.37. The Morgan fingerprint density at radius 1 is 1.11 bits per heavy atom. The number of fused-ring (bicyclic) bond motifs is 1. The molecule has 2 heterocycles. The Balaban J connectivity index is 1.57. The van der Waals surface area contributed by atoms with E-state index in [1.54, 1.807) is 18.2 Å². The number of ether oxygens (including phenoxy) is 3. The smallest absolute Gasteiger partial charge is 0.457 e. The van der Waals surface area contributed by atoms with Gasteiger partial charge in [-0.3, -0.25) is 4.57 Å². The van der Waals surface area contributed by atoms with Crippen LogP contribution in [0.5, 0.6) is 17.2 Å². The summed E-state index contributed by atoms with van der Waals surface area (Å²) in [5.41, 5.74) is -0.375. The molecule has 1 aromatic heterocycles. The van der Waals surface area contributed by atoms with Crippen LogP contribution in [0.4, 0.5) is 13.2 Å². The van der Waals surface area contributed by atoms with Crippen molar-refractivity contribution in [3.8, 4) is 17.2 Å². The quantitative estimate of drug-likeness (QED) is 0.693. The molecule has 1 aliphatic rings. The van der Waals surface area contributed by atoms with Gasteiger partial charge in [0.15, 0.2) is 0 Å². The minimum atomic E-state index is -4.76. The van der Waals surface area contributed by atoms with E-state index in [4.69, 9.17) is 9.47 Å². The first-order valence-corrected chi connectivity index (χ1v) is 8.27. The van der Waals surface area contributed by atoms with Crippen molar-refractivity contribution >= 4 is 11.0 Å². The molecule has 148 valence electrons. The van der Waals surface area contributed by atoms with Gasteiger partial charge in [0, 0.05) is 6.07 Å². The molecule has 0 bridgehead atoms. The van der Waals surface area contributed by atoms with E-state index in [9.17, 15) is 23.1 Å². The summed E-state index contributed by atoms with van der Waals surface area (Å²) in [6.07, 6.45) is -4.76. The monoisotopic (exact) mass is 396 g/mol. The normalized spacial score (nSPS) is 16.0. The lowest BCUT2D eigenvalue weighted by atomic mass is 10.0. The number of benzene rings is 2. The summed E-state index contributed by atoms with van der Waals surface area (Å²) >= 11 is 0. The predicted octanol–water partition coefficient (Wildman–Crippen LogP) is 2.78. The highest BCUT2D eigenvalue weighted by atomic mass is 19.4. The number of nitrogens with zero attached hydrogens (tertiary/aromatic N) is 1. The SMILES string of the molecule is O=c1[nH]c2ccc(Oc3ccc(OC(F)(F)F)cc3)cc2n1CC1(O)COC1. The van der Waals surface area contributed by atoms with Gasteiger partial charge in [-0.25, -0.2) is 4.79 Å². The van der Waals surface area contributed by atoms with Crippen molar-refractivity contribution in [2.24, 2.45) is 0 Å². The van der Waals surface area contributed by atoms with E-state index in [1.807, 2.05) is 0 Å². The minimum Gasteiger partial charge on any atom is -0.457 e. The van der Waals surface area contributed by atoms with E-state index in [1.165, 1.54) is 16.7 Å². The van der Waals surface area contributed by atoms with E-state index in [-0.39, 0.29) is 31.2 Å². The summed E-state index contributed by atoms with van der Waals surface area (Å²) in [5, 5.41) is 10.3. The highest BCUT2D eigenvalue weighted by Crippen LogP contribution is 2.29. The molecule has 0 spiro atoms. The second-order valence-electron chi connectivity index (χ2n) is 6.53. The number of imidazole rings is 1. The van der Waals surface area contributed by atoms with Crippen LogP contribution >= 0.6 is 0 Å². The number of aromatic nitrogens is 2. The zero-order chi connectivity index (χ0) is 19.9. The second-order valence-corrected chi connectivity index (χ2v) is 6.53. The molecule has 2 N–H and O–H groups in total. The van der Waals surface area contributed by atoms with E-state index in [2.05, 4.69) is 9.72 Å². The number of rotatable bonds is 5. The van der Waals surface area contributed by atoms with Crippen molar-refractivity contribution in [1.29, 1.82) is 0 Å². The van der Waals surface area contributed by atoms with Crippen LogP contribution in [0.25, 0.3) is 11.0 Å². The van der Waals surface area contributed by atoms with Gasteiger partial charge in [0.05, 0.1) is 30.8 Å². The molecule has 10 heteroatoms. The van der Waals surface area contributed by atoms with Crippen molar-refractivity contribution in [2.45, 2.75) is 18.5 Å². The third kappa shape index (κ3) is 3.82. The average Bonchev–Trinajstić information content (AvgIpc) is 2.89. The van der Waals surface area contributed by atoms with E-state index >= 15 is 0 Å². The molecule has 4 rings (SSSR count). The molecule has 1 fully saturated rings. The zero-order valence-corrected chi connectivity index (χ0v) is 14.3. The Bertz CT molecular complexity index is 1050. The fourth-order valence-corrected chi connectivity index (χ4v) is 2.92. The lowest BCUT2D eigenvalue weighted by Gasteiger charge is -2.36. The summed E-state index contributed by atoms with van der Waals surface area (Å²) in [6, 6.07) is 9.82. The summed E-state index contributed by atoms with van der Waals surface area (Å²) in [4.78, 5) is 14.9. The molecule has 0 radical (unpaired) electrons. The second kappa shape index (κ2) is 6.57. The molecule has 28 heavy (non-hydrogen) atoms. The number of hydrogen-bond donors (Lipinski definition) is 2. The molecule has 3 aromatic rings. The molecule has 7 nitrogen and oxygen atoms in total. The van der Waals surface area contributed by atoms with Crippen molar-refractivity contribution in [2.75, 3.05) is 13.2 Å². The maximum atomic E-state index is 12.2. The Labute approximate surface area is 155 Å². The summed E-state index contributed by atoms with van der Waals surface area (Å²) in [5.74, 6) is 0.316. The predicted molar refractivity (Wildman–Crippen MR) is 91.5 cm³/mol. The van der Waals surface area contributed by atoms with Crippen LogP contribution in [0.15, 0.2) is 47.3 Å². The Morgan fingerprint density at radius 2 is 1.75 bits per heavy atom. The van der Waals surface area contributed by atoms with Crippen LogP contribution in [-0.2, 0) is 11.3 Å². The van der Waals surface area contributed by atoms with Gasteiger partial charge in [-0.05, 0) is 36.4 Å². The first-order valence-electron chi connectivity index (χ1n) is 8.27. The molecule has 1 aliphatic heterocycles. The molecular weight excluding hydrogens is 381 g/mol. The third-order valence-corrected chi connectivity index (χ3v) is 4.23. The Morgan fingerprint density at radius 3 is 2.36 bits per heavy atom. The number of aromatic amines is 1. The number of aliphatic hydroxyl groups is 1. The maximum absolute atomic E-state index is 12.2. The molecule has 2 aromatic carbocycles. The van der Waals surface area contributed by atoms with Crippen molar-refractivity contribution in [1.82, 2.24) is 9.55 Å². The molecule has 0 amide bonds. The molecule has 0 aliphatic carbocycles. The standard InChI is InChI=1S/C18H15F3N2O5/c19-18(20,21)28-12-3-1-11(2-4-12)27-13-5-6-14-15(7-13)23(16(24)22-14)8-17(25)9-26-10-17/h1-7,25H,8-10H2,(H,22,24). The summed E-state index contributed by atoms with van der Waals surface area (Å²) in [6.45, 7) is 0.363. The Hall–Kier alpha value is -2.98. The lowest BCUT2D eigenvalue weighted by molar-refractivity contribution is -0.274. The third-order valence-electron chi connectivity index (χ3n) is 4.23. The van der Waals surface area contributed by atoms with E-state index < -0.39 is 12.0 Å². The number of hydrogen-bond acceptors (Lipinski definition) is 5. The fraction of sp³-hybridized carbons (Fsp3) is 0.278. The summed E-state index contributed by atoms with van der Waals surface area (Å²) in [7, 11) is 0. The number of nitrogens with one attached hydrogen (secondary N) is 1. The molecule has 0 saturated carbocycles. The van der Waals surface area contributed by atoms with Crippen LogP contribution < -0.4 is 15.2 Å². The van der Waals surface area contributed by atoms with Gasteiger partial charge in [-0.2, -0.15) is 0 Å². The van der Waals surface area contributed by atoms with Gasteiger partial charge >= 0.3 is 12.1 Å².